The largest absolute Gasteiger partial charge is 0.455 e. The first-order chi connectivity index (χ1) is 14.5. The molecule has 0 saturated carbocycles. The van der Waals surface area contributed by atoms with E-state index in [2.05, 4.69) is 20.3 Å². The first kappa shape index (κ1) is 19.5. The van der Waals surface area contributed by atoms with Gasteiger partial charge in [-0.1, -0.05) is 0 Å². The summed E-state index contributed by atoms with van der Waals surface area (Å²) in [7, 11) is 0. The summed E-state index contributed by atoms with van der Waals surface area (Å²) in [5.41, 5.74) is 9.04. The zero-order valence-electron chi connectivity index (χ0n) is 16.1. The predicted molar refractivity (Wildman–Crippen MR) is 113 cm³/mol. The van der Waals surface area contributed by atoms with Crippen LogP contribution in [0.15, 0.2) is 61.1 Å². The molecule has 2 aromatic carbocycles. The van der Waals surface area contributed by atoms with Crippen LogP contribution in [0.25, 0.3) is 10.9 Å². The highest BCUT2D eigenvalue weighted by molar-refractivity contribution is 5.92. The first-order valence-corrected chi connectivity index (χ1v) is 9.25. The normalized spacial score (nSPS) is 12.0. The van der Waals surface area contributed by atoms with Crippen molar-refractivity contribution < 1.29 is 13.5 Å². The van der Waals surface area contributed by atoms with Crippen LogP contribution in [0.1, 0.15) is 17.4 Å². The molecule has 6 nitrogen and oxygen atoms in total. The van der Waals surface area contributed by atoms with Crippen molar-refractivity contribution in [2.45, 2.75) is 13.1 Å². The third-order valence-corrected chi connectivity index (χ3v) is 4.54. The van der Waals surface area contributed by atoms with Crippen LogP contribution < -0.4 is 15.8 Å². The standard InChI is InChI=1S/C22H19F2N5O/c1-13-8-15(29-22-17-9-14(25)2-5-19(17)27-12-28-22)3-7-21(13)30-16-4-6-20(26-11-16)18(24)10-23/h2-9,11-12,18H,10,25H2,1H3,(H,27,28,29)/t18-/m0/s1. The van der Waals surface area contributed by atoms with Crippen LogP contribution >= 0.6 is 0 Å². The van der Waals surface area contributed by atoms with Crippen LogP contribution in [-0.2, 0) is 0 Å². The molecule has 8 heteroatoms. The van der Waals surface area contributed by atoms with Gasteiger partial charge in [-0.3, -0.25) is 4.98 Å². The summed E-state index contributed by atoms with van der Waals surface area (Å²) in [5.74, 6) is 1.70. The van der Waals surface area contributed by atoms with Gasteiger partial charge in [0.05, 0.1) is 17.4 Å². The lowest BCUT2D eigenvalue weighted by Gasteiger charge is -2.13. The number of alkyl halides is 2. The second-order valence-corrected chi connectivity index (χ2v) is 6.75. The van der Waals surface area contributed by atoms with Crippen molar-refractivity contribution in [1.29, 1.82) is 0 Å². The van der Waals surface area contributed by atoms with Crippen molar-refractivity contribution in [1.82, 2.24) is 15.0 Å². The van der Waals surface area contributed by atoms with Gasteiger partial charge < -0.3 is 15.8 Å². The Labute approximate surface area is 171 Å². The van der Waals surface area contributed by atoms with E-state index in [0.29, 0.717) is 23.0 Å². The van der Waals surface area contributed by atoms with Crippen molar-refractivity contribution in [2.24, 2.45) is 0 Å². The summed E-state index contributed by atoms with van der Waals surface area (Å²) >= 11 is 0. The van der Waals surface area contributed by atoms with Crippen molar-refractivity contribution in [3.05, 3.63) is 72.3 Å². The highest BCUT2D eigenvalue weighted by atomic mass is 19.2. The van der Waals surface area contributed by atoms with Crippen LogP contribution in [0.2, 0.25) is 0 Å². The van der Waals surface area contributed by atoms with Gasteiger partial charge >= 0.3 is 0 Å². The maximum atomic E-state index is 13.3. The number of hydrogen-bond donors (Lipinski definition) is 2. The van der Waals surface area contributed by atoms with Crippen molar-refractivity contribution in [2.75, 3.05) is 17.7 Å². The molecule has 0 radical (unpaired) electrons. The van der Waals surface area contributed by atoms with Crippen LogP contribution in [-0.4, -0.2) is 21.6 Å². The zero-order chi connectivity index (χ0) is 21.1. The lowest BCUT2D eigenvalue weighted by molar-refractivity contribution is 0.260. The third-order valence-electron chi connectivity index (χ3n) is 4.54. The minimum atomic E-state index is -1.72. The molecular weight excluding hydrogens is 388 g/mol. The molecule has 0 fully saturated rings. The molecule has 0 unspecified atom stereocenters. The first-order valence-electron chi connectivity index (χ1n) is 9.25. The van der Waals surface area contributed by atoms with Crippen molar-refractivity contribution in [3.8, 4) is 11.5 Å². The molecule has 30 heavy (non-hydrogen) atoms. The SMILES string of the molecule is Cc1cc(Nc2ncnc3ccc(N)cc23)ccc1Oc1ccc([C@@H](F)CF)nc1. The number of nitrogen functional groups attached to an aromatic ring is 1. The topological polar surface area (TPSA) is 86.0 Å². The van der Waals surface area contributed by atoms with E-state index >= 15 is 0 Å². The van der Waals surface area contributed by atoms with E-state index in [9.17, 15) is 8.78 Å². The number of nitrogens with one attached hydrogen (secondary N) is 1. The van der Waals surface area contributed by atoms with Gasteiger partial charge in [0.2, 0.25) is 0 Å². The van der Waals surface area contributed by atoms with E-state index in [-0.39, 0.29) is 5.69 Å². The number of halogens is 2. The maximum absolute atomic E-state index is 13.3. The Morgan fingerprint density at radius 1 is 1.07 bits per heavy atom. The summed E-state index contributed by atoms with van der Waals surface area (Å²) in [5, 5.41) is 4.10. The number of aryl methyl sites for hydroxylation is 1. The van der Waals surface area contributed by atoms with E-state index in [1.807, 2.05) is 37.3 Å². The Morgan fingerprint density at radius 3 is 2.67 bits per heavy atom. The number of benzene rings is 2. The number of pyridine rings is 1. The van der Waals surface area contributed by atoms with Crippen molar-refractivity contribution in [3.63, 3.8) is 0 Å². The Hall–Kier alpha value is -3.81. The summed E-state index contributed by atoms with van der Waals surface area (Å²) in [6.07, 6.45) is 1.15. The molecule has 2 heterocycles. The molecule has 152 valence electrons. The van der Waals surface area contributed by atoms with Gasteiger partial charge in [0.1, 0.15) is 30.3 Å². The van der Waals surface area contributed by atoms with Gasteiger partial charge in [-0.2, -0.15) is 0 Å². The molecule has 0 bridgehead atoms. The molecule has 2 aromatic heterocycles. The molecule has 4 rings (SSSR count). The van der Waals surface area contributed by atoms with Gasteiger partial charge in [-0.15, -0.1) is 0 Å². The van der Waals surface area contributed by atoms with E-state index in [1.54, 1.807) is 12.1 Å². The number of rotatable bonds is 6. The average molecular weight is 407 g/mol. The summed E-state index contributed by atoms with van der Waals surface area (Å²) in [6, 6.07) is 14.0. The summed E-state index contributed by atoms with van der Waals surface area (Å²) in [6.45, 7) is 0.800. The lowest BCUT2D eigenvalue weighted by atomic mass is 10.1. The molecule has 0 aliphatic heterocycles. The van der Waals surface area contributed by atoms with Gasteiger partial charge in [0.15, 0.2) is 6.17 Å². The fraction of sp³-hybridized carbons (Fsp3) is 0.136. The fourth-order valence-corrected chi connectivity index (χ4v) is 3.00. The maximum Gasteiger partial charge on any atom is 0.170 e. The number of fused-ring (bicyclic) bond motifs is 1. The van der Waals surface area contributed by atoms with Gasteiger partial charge in [-0.25, -0.2) is 18.7 Å². The molecule has 0 aliphatic carbocycles. The molecule has 4 aromatic rings. The van der Waals surface area contributed by atoms with Crippen LogP contribution in [0, 0.1) is 6.92 Å². The van der Waals surface area contributed by atoms with E-state index in [1.165, 1.54) is 18.6 Å². The quantitative estimate of drug-likeness (QED) is 0.415. The molecule has 1 atom stereocenters. The highest BCUT2D eigenvalue weighted by Gasteiger charge is 2.11. The Morgan fingerprint density at radius 2 is 1.93 bits per heavy atom. The minimum absolute atomic E-state index is 0.0406. The smallest absolute Gasteiger partial charge is 0.170 e. The number of nitrogens with zero attached hydrogens (tertiary/aromatic N) is 3. The number of ether oxygens (including phenoxy) is 1. The Balaban J connectivity index is 1.53. The van der Waals surface area contributed by atoms with Crippen LogP contribution in [0.3, 0.4) is 0 Å². The van der Waals surface area contributed by atoms with E-state index < -0.39 is 12.8 Å². The number of nitrogens with two attached hydrogens (primary N) is 1. The molecule has 0 spiro atoms. The van der Waals surface area contributed by atoms with Crippen LogP contribution in [0.5, 0.6) is 11.5 Å². The van der Waals surface area contributed by atoms with E-state index in [0.717, 1.165) is 22.2 Å². The Kier molecular flexibility index (Phi) is 5.38. The second kappa shape index (κ2) is 8.28. The second-order valence-electron chi connectivity index (χ2n) is 6.75. The monoisotopic (exact) mass is 407 g/mol. The number of anilines is 3. The number of aromatic nitrogens is 3. The van der Waals surface area contributed by atoms with E-state index in [4.69, 9.17) is 10.5 Å². The van der Waals surface area contributed by atoms with Crippen molar-refractivity contribution >= 4 is 28.1 Å². The van der Waals surface area contributed by atoms with Gasteiger partial charge in [0.25, 0.3) is 0 Å². The fourth-order valence-electron chi connectivity index (χ4n) is 3.00. The minimum Gasteiger partial charge on any atom is -0.455 e. The Bertz CT molecular complexity index is 1180. The molecule has 0 aliphatic rings. The van der Waals surface area contributed by atoms with Crippen LogP contribution in [0.4, 0.5) is 26.0 Å². The van der Waals surface area contributed by atoms with Gasteiger partial charge in [0, 0.05) is 16.8 Å². The lowest BCUT2D eigenvalue weighted by Crippen LogP contribution is -1.99. The molecular formula is C22H19F2N5O. The number of hydrogen-bond acceptors (Lipinski definition) is 6. The van der Waals surface area contributed by atoms with Gasteiger partial charge in [-0.05, 0) is 61.0 Å². The average Bonchev–Trinajstić information content (AvgIpc) is 2.76. The summed E-state index contributed by atoms with van der Waals surface area (Å²) < 4.78 is 31.6. The third kappa shape index (κ3) is 4.12. The molecule has 3 N–H and O–H groups in total. The highest BCUT2D eigenvalue weighted by Crippen LogP contribution is 2.30. The summed E-state index contributed by atoms with van der Waals surface area (Å²) in [4.78, 5) is 12.5. The molecule has 0 saturated heterocycles. The predicted octanol–water partition coefficient (Wildman–Crippen LogP) is 5.43. The molecule has 0 amide bonds. The zero-order valence-corrected chi connectivity index (χ0v) is 16.1.